The van der Waals surface area contributed by atoms with E-state index in [-0.39, 0.29) is 5.75 Å². The van der Waals surface area contributed by atoms with E-state index in [1.807, 2.05) is 48.5 Å². The molecule has 0 atom stereocenters. The smallest absolute Gasteiger partial charge is 0.215 e. The molecule has 3 aromatic rings. The molecule has 2 aromatic carbocycles. The Bertz CT molecular complexity index is 989. The van der Waals surface area contributed by atoms with E-state index in [0.29, 0.717) is 6.54 Å². The minimum Gasteiger partial charge on any atom is -0.380 e. The highest BCUT2D eigenvalue weighted by Crippen LogP contribution is 2.25. The molecular formula is C18H18BrN3O2S. The quantitative estimate of drug-likeness (QED) is 0.639. The molecule has 2 N–H and O–H groups in total. The fourth-order valence-corrected chi connectivity index (χ4v) is 3.64. The number of fused-ring (bicyclic) bond motifs is 1. The van der Waals surface area contributed by atoms with Crippen LogP contribution in [-0.2, 0) is 22.3 Å². The number of rotatable bonds is 6. The van der Waals surface area contributed by atoms with Gasteiger partial charge in [-0.3, -0.25) is 4.98 Å². The predicted molar refractivity (Wildman–Crippen MR) is 105 cm³/mol. The Morgan fingerprint density at radius 3 is 2.48 bits per heavy atom. The number of nitrogens with zero attached hydrogens (tertiary/aromatic N) is 1. The first kappa shape index (κ1) is 17.8. The largest absolute Gasteiger partial charge is 0.380 e. The monoisotopic (exact) mass is 419 g/mol. The molecule has 7 heteroatoms. The second-order valence-corrected chi connectivity index (χ2v) is 8.50. The van der Waals surface area contributed by atoms with E-state index in [1.54, 1.807) is 6.20 Å². The molecule has 1 heterocycles. The molecule has 0 unspecified atom stereocenters. The molecule has 25 heavy (non-hydrogen) atoms. The highest BCUT2D eigenvalue weighted by molar-refractivity contribution is 9.10. The lowest BCUT2D eigenvalue weighted by atomic mass is 10.1. The third kappa shape index (κ3) is 4.56. The number of benzene rings is 2. The molecule has 0 bridgehead atoms. The molecule has 0 aliphatic carbocycles. The zero-order chi connectivity index (χ0) is 17.9. The van der Waals surface area contributed by atoms with Gasteiger partial charge in [0.25, 0.3) is 0 Å². The lowest BCUT2D eigenvalue weighted by Crippen LogP contribution is -2.20. The first-order valence-corrected chi connectivity index (χ1v) is 10.2. The number of nitrogens with one attached hydrogen (secondary N) is 2. The summed E-state index contributed by atoms with van der Waals surface area (Å²) < 4.78 is 26.5. The summed E-state index contributed by atoms with van der Waals surface area (Å²) in [5.41, 5.74) is 3.77. The van der Waals surface area contributed by atoms with Crippen LogP contribution in [-0.4, -0.2) is 20.4 Å². The summed E-state index contributed by atoms with van der Waals surface area (Å²) in [6.07, 6.45) is 1.78. The maximum Gasteiger partial charge on any atom is 0.215 e. The Morgan fingerprint density at radius 2 is 1.76 bits per heavy atom. The van der Waals surface area contributed by atoms with E-state index >= 15 is 0 Å². The molecule has 130 valence electrons. The van der Waals surface area contributed by atoms with Crippen LogP contribution in [0.3, 0.4) is 0 Å². The van der Waals surface area contributed by atoms with Crippen LogP contribution in [0.1, 0.15) is 11.1 Å². The molecule has 3 rings (SSSR count). The van der Waals surface area contributed by atoms with E-state index in [0.717, 1.165) is 32.2 Å². The van der Waals surface area contributed by atoms with Crippen LogP contribution in [0.15, 0.2) is 59.2 Å². The van der Waals surface area contributed by atoms with Crippen molar-refractivity contribution < 1.29 is 8.42 Å². The molecule has 0 saturated carbocycles. The fourth-order valence-electron chi connectivity index (χ4n) is 2.52. The molecule has 0 saturated heterocycles. The minimum atomic E-state index is -3.24. The maximum atomic E-state index is 11.6. The summed E-state index contributed by atoms with van der Waals surface area (Å²) in [7, 11) is -1.82. The Labute approximate surface area is 155 Å². The number of anilines is 1. The summed E-state index contributed by atoms with van der Waals surface area (Å²) >= 11 is 3.46. The van der Waals surface area contributed by atoms with Gasteiger partial charge < -0.3 is 5.32 Å². The van der Waals surface area contributed by atoms with Gasteiger partial charge in [-0.1, -0.05) is 40.2 Å². The van der Waals surface area contributed by atoms with Crippen molar-refractivity contribution in [3.8, 4) is 0 Å². The van der Waals surface area contributed by atoms with Gasteiger partial charge in [-0.25, -0.2) is 13.1 Å². The van der Waals surface area contributed by atoms with Crippen molar-refractivity contribution in [2.45, 2.75) is 12.3 Å². The van der Waals surface area contributed by atoms with Crippen molar-refractivity contribution in [1.82, 2.24) is 9.71 Å². The number of sulfonamides is 1. The molecule has 0 aliphatic heterocycles. The van der Waals surface area contributed by atoms with E-state index in [1.165, 1.54) is 7.05 Å². The fraction of sp³-hybridized carbons (Fsp3) is 0.167. The van der Waals surface area contributed by atoms with Crippen molar-refractivity contribution in [3.63, 3.8) is 0 Å². The minimum absolute atomic E-state index is 0.0128. The van der Waals surface area contributed by atoms with Gasteiger partial charge in [0.15, 0.2) is 0 Å². The molecule has 0 fully saturated rings. The van der Waals surface area contributed by atoms with Crippen molar-refractivity contribution in [2.24, 2.45) is 0 Å². The average Bonchev–Trinajstić information content (AvgIpc) is 2.60. The number of halogens is 1. The van der Waals surface area contributed by atoms with Gasteiger partial charge in [-0.15, -0.1) is 0 Å². The summed E-state index contributed by atoms with van der Waals surface area (Å²) in [6, 6.07) is 15.5. The summed E-state index contributed by atoms with van der Waals surface area (Å²) in [4.78, 5) is 4.38. The summed E-state index contributed by atoms with van der Waals surface area (Å²) in [5, 5.41) is 4.47. The molecule has 0 radical (unpaired) electrons. The van der Waals surface area contributed by atoms with Gasteiger partial charge in [0.1, 0.15) is 0 Å². The van der Waals surface area contributed by atoms with Gasteiger partial charge >= 0.3 is 0 Å². The van der Waals surface area contributed by atoms with E-state index in [4.69, 9.17) is 0 Å². The van der Waals surface area contributed by atoms with Crippen molar-refractivity contribution in [2.75, 3.05) is 12.4 Å². The highest BCUT2D eigenvalue weighted by atomic mass is 79.9. The zero-order valence-corrected chi connectivity index (χ0v) is 16.1. The SMILES string of the molecule is CNS(=O)(=O)Cc1ccc(CNc2ccnc3cc(Br)ccc23)cc1. The molecule has 0 aliphatic rings. The second-order valence-electron chi connectivity index (χ2n) is 5.65. The number of hydrogen-bond donors (Lipinski definition) is 2. The first-order chi connectivity index (χ1) is 12.0. The van der Waals surface area contributed by atoms with Crippen molar-refractivity contribution in [1.29, 1.82) is 0 Å². The summed E-state index contributed by atoms with van der Waals surface area (Å²) in [6.45, 7) is 0.647. The van der Waals surface area contributed by atoms with Crippen LogP contribution in [0.2, 0.25) is 0 Å². The molecule has 1 aromatic heterocycles. The lowest BCUT2D eigenvalue weighted by molar-refractivity contribution is 0.587. The zero-order valence-electron chi connectivity index (χ0n) is 13.7. The van der Waals surface area contributed by atoms with Gasteiger partial charge in [-0.05, 0) is 42.4 Å². The third-order valence-corrected chi connectivity index (χ3v) is 5.71. The van der Waals surface area contributed by atoms with Crippen LogP contribution in [0.5, 0.6) is 0 Å². The molecule has 0 amide bonds. The highest BCUT2D eigenvalue weighted by Gasteiger charge is 2.08. The standard InChI is InChI=1S/C18H18BrN3O2S/c1-20-25(23,24)12-14-4-2-13(3-5-14)11-22-17-8-9-21-18-10-15(19)6-7-16(17)18/h2-10,20H,11-12H2,1H3,(H,21,22). The van der Waals surface area contributed by atoms with E-state index in [2.05, 4.69) is 31.0 Å². The number of aromatic nitrogens is 1. The van der Waals surface area contributed by atoms with Crippen LogP contribution in [0.25, 0.3) is 10.9 Å². The number of hydrogen-bond acceptors (Lipinski definition) is 4. The Morgan fingerprint density at radius 1 is 1.04 bits per heavy atom. The molecular weight excluding hydrogens is 402 g/mol. The lowest BCUT2D eigenvalue weighted by Gasteiger charge is -2.10. The second kappa shape index (κ2) is 7.51. The maximum absolute atomic E-state index is 11.6. The Kier molecular flexibility index (Phi) is 5.36. The van der Waals surface area contributed by atoms with Gasteiger partial charge in [0.05, 0.1) is 11.3 Å². The summed E-state index contributed by atoms with van der Waals surface area (Å²) in [5.74, 6) is -0.0128. The van der Waals surface area contributed by atoms with Crippen molar-refractivity contribution >= 4 is 42.5 Å². The third-order valence-electron chi connectivity index (χ3n) is 3.88. The molecule has 0 spiro atoms. The van der Waals surface area contributed by atoms with Gasteiger partial charge in [0.2, 0.25) is 10.0 Å². The van der Waals surface area contributed by atoms with Crippen LogP contribution >= 0.6 is 15.9 Å². The van der Waals surface area contributed by atoms with Crippen LogP contribution < -0.4 is 10.0 Å². The average molecular weight is 420 g/mol. The van der Waals surface area contributed by atoms with E-state index in [9.17, 15) is 8.42 Å². The van der Waals surface area contributed by atoms with Crippen molar-refractivity contribution in [3.05, 3.63) is 70.3 Å². The topological polar surface area (TPSA) is 71.1 Å². The van der Waals surface area contributed by atoms with Gasteiger partial charge in [0, 0.05) is 28.3 Å². The number of pyridine rings is 1. The van der Waals surface area contributed by atoms with Crippen LogP contribution in [0.4, 0.5) is 5.69 Å². The molecule has 5 nitrogen and oxygen atoms in total. The Hall–Kier alpha value is -1.96. The van der Waals surface area contributed by atoms with Crippen LogP contribution in [0, 0.1) is 0 Å². The van der Waals surface area contributed by atoms with E-state index < -0.39 is 10.0 Å². The Balaban J connectivity index is 1.72. The normalized spacial score (nSPS) is 11.6. The predicted octanol–water partition coefficient (Wildman–Crippen LogP) is 3.66. The van der Waals surface area contributed by atoms with Gasteiger partial charge in [-0.2, -0.15) is 0 Å². The first-order valence-electron chi connectivity index (χ1n) is 7.74.